The Kier molecular flexibility index (Phi) is 3.54. The number of imidazole rings is 1. The first kappa shape index (κ1) is 13.6. The number of fused-ring (bicyclic) bond motifs is 1. The minimum atomic E-state index is -0.655. The number of hydrogen-bond donors (Lipinski definition) is 0. The lowest BCUT2D eigenvalue weighted by Gasteiger charge is -2.05. The van der Waals surface area contributed by atoms with Crippen molar-refractivity contribution < 1.29 is 0 Å². The van der Waals surface area contributed by atoms with E-state index in [9.17, 15) is 0 Å². The summed E-state index contributed by atoms with van der Waals surface area (Å²) in [7, 11) is 1.92. The van der Waals surface area contributed by atoms with Gasteiger partial charge in [0.25, 0.3) is 0 Å². The molecule has 0 N–H and O–H groups in total. The Morgan fingerprint density at radius 3 is 2.45 bits per heavy atom. The van der Waals surface area contributed by atoms with Crippen molar-refractivity contribution >= 4 is 46.6 Å². The van der Waals surface area contributed by atoms with E-state index < -0.39 is 4.84 Å². The zero-order chi connectivity index (χ0) is 14.3. The molecule has 3 rings (SSSR count). The number of rotatable bonds is 2. The Bertz CT molecular complexity index is 822. The van der Waals surface area contributed by atoms with Gasteiger partial charge in [0.1, 0.15) is 4.84 Å². The van der Waals surface area contributed by atoms with Crippen molar-refractivity contribution in [3.05, 3.63) is 52.9 Å². The van der Waals surface area contributed by atoms with Crippen LogP contribution in [0.4, 0.5) is 0 Å². The fraction of sp³-hybridized carbons (Fsp3) is 0.143. The van der Waals surface area contributed by atoms with Gasteiger partial charge < -0.3 is 4.57 Å². The number of aromatic nitrogens is 3. The summed E-state index contributed by atoms with van der Waals surface area (Å²) >= 11 is 17.3. The zero-order valence-corrected chi connectivity index (χ0v) is 13.0. The van der Waals surface area contributed by atoms with E-state index in [-0.39, 0.29) is 0 Å². The van der Waals surface area contributed by atoms with Crippen LogP contribution in [0, 0.1) is 4.77 Å². The highest BCUT2D eigenvalue weighted by Gasteiger charge is 2.14. The molecule has 1 aromatic carbocycles. The van der Waals surface area contributed by atoms with Gasteiger partial charge in [-0.05, 0) is 36.5 Å². The van der Waals surface area contributed by atoms with Crippen LogP contribution in [0.1, 0.15) is 10.5 Å². The molecule has 0 spiro atoms. The first-order valence-electron chi connectivity index (χ1n) is 6.01. The zero-order valence-electron chi connectivity index (χ0n) is 10.6. The Morgan fingerprint density at radius 1 is 1.10 bits per heavy atom. The summed E-state index contributed by atoms with van der Waals surface area (Å²) in [4.78, 5) is 3.89. The SMILES string of the molecule is Cn1c(=S)n(-c2ccccc2)c2nc(C(Cl)Cl)ccc21. The van der Waals surface area contributed by atoms with E-state index >= 15 is 0 Å². The number of benzene rings is 1. The van der Waals surface area contributed by atoms with Gasteiger partial charge in [0.2, 0.25) is 0 Å². The normalized spacial score (nSPS) is 11.4. The predicted octanol–water partition coefficient (Wildman–Crippen LogP) is 4.57. The molecule has 0 saturated carbocycles. The Morgan fingerprint density at radius 2 is 1.80 bits per heavy atom. The molecule has 102 valence electrons. The summed E-state index contributed by atoms with van der Waals surface area (Å²) in [5.41, 5.74) is 3.28. The van der Waals surface area contributed by atoms with Gasteiger partial charge in [0, 0.05) is 12.7 Å². The van der Waals surface area contributed by atoms with Gasteiger partial charge >= 0.3 is 0 Å². The minimum absolute atomic E-state index is 0.617. The molecule has 0 atom stereocenters. The number of hydrogen-bond acceptors (Lipinski definition) is 2. The second-order valence-corrected chi connectivity index (χ2v) is 5.85. The third-order valence-electron chi connectivity index (χ3n) is 3.17. The molecule has 0 unspecified atom stereocenters. The Hall–Kier alpha value is -1.36. The number of halogens is 2. The van der Waals surface area contributed by atoms with E-state index in [0.717, 1.165) is 16.9 Å². The van der Waals surface area contributed by atoms with Gasteiger partial charge in [-0.3, -0.25) is 4.57 Å². The van der Waals surface area contributed by atoms with Crippen molar-refractivity contribution in [1.29, 1.82) is 0 Å². The van der Waals surface area contributed by atoms with E-state index in [2.05, 4.69) is 4.98 Å². The fourth-order valence-electron chi connectivity index (χ4n) is 2.16. The smallest absolute Gasteiger partial charge is 0.186 e. The number of nitrogens with zero attached hydrogens (tertiary/aromatic N) is 3. The lowest BCUT2D eigenvalue weighted by molar-refractivity contribution is 0.885. The molecule has 0 saturated heterocycles. The fourth-order valence-corrected chi connectivity index (χ4v) is 2.69. The van der Waals surface area contributed by atoms with Gasteiger partial charge in [0.15, 0.2) is 10.4 Å². The summed E-state index contributed by atoms with van der Waals surface area (Å²) in [6.45, 7) is 0. The average molecular weight is 324 g/mol. The molecule has 2 aromatic heterocycles. The van der Waals surface area contributed by atoms with Crippen LogP contribution in [0.25, 0.3) is 16.9 Å². The van der Waals surface area contributed by atoms with Crippen LogP contribution in [0.2, 0.25) is 0 Å². The van der Waals surface area contributed by atoms with E-state index in [4.69, 9.17) is 35.4 Å². The van der Waals surface area contributed by atoms with Crippen LogP contribution in [-0.4, -0.2) is 14.1 Å². The molecule has 0 aliphatic heterocycles. The van der Waals surface area contributed by atoms with Crippen LogP contribution in [0.15, 0.2) is 42.5 Å². The molecule has 0 aliphatic carbocycles. The Balaban J connectivity index is 2.38. The first-order valence-corrected chi connectivity index (χ1v) is 7.29. The summed E-state index contributed by atoms with van der Waals surface area (Å²) in [5.74, 6) is 0. The van der Waals surface area contributed by atoms with Gasteiger partial charge in [-0.25, -0.2) is 4.98 Å². The number of para-hydroxylation sites is 1. The van der Waals surface area contributed by atoms with Crippen molar-refractivity contribution in [2.24, 2.45) is 7.05 Å². The summed E-state index contributed by atoms with van der Waals surface area (Å²) in [5, 5.41) is 0. The summed E-state index contributed by atoms with van der Waals surface area (Å²) in [6, 6.07) is 13.6. The monoisotopic (exact) mass is 323 g/mol. The van der Waals surface area contributed by atoms with Gasteiger partial charge in [0.05, 0.1) is 11.2 Å². The molecular formula is C14H11Cl2N3S. The predicted molar refractivity (Wildman–Crippen MR) is 85.3 cm³/mol. The van der Waals surface area contributed by atoms with Crippen molar-refractivity contribution in [1.82, 2.24) is 14.1 Å². The molecule has 20 heavy (non-hydrogen) atoms. The first-order chi connectivity index (χ1) is 9.59. The van der Waals surface area contributed by atoms with Crippen molar-refractivity contribution in [3.63, 3.8) is 0 Å². The van der Waals surface area contributed by atoms with Crippen molar-refractivity contribution in [2.45, 2.75) is 4.84 Å². The number of alkyl halides is 2. The molecule has 3 nitrogen and oxygen atoms in total. The van der Waals surface area contributed by atoms with Crippen molar-refractivity contribution in [3.8, 4) is 5.69 Å². The average Bonchev–Trinajstić information content (AvgIpc) is 2.71. The van der Waals surface area contributed by atoms with Crippen LogP contribution >= 0.6 is 35.4 Å². The Labute approximate surface area is 131 Å². The van der Waals surface area contributed by atoms with E-state index in [0.29, 0.717) is 10.5 Å². The van der Waals surface area contributed by atoms with Gasteiger partial charge in [-0.15, -0.1) is 0 Å². The molecule has 2 heterocycles. The molecule has 3 aromatic rings. The summed E-state index contributed by atoms with van der Waals surface area (Å²) < 4.78 is 4.52. The largest absolute Gasteiger partial charge is 0.318 e. The van der Waals surface area contributed by atoms with Gasteiger partial charge in [-0.2, -0.15) is 0 Å². The molecule has 0 radical (unpaired) electrons. The van der Waals surface area contributed by atoms with Crippen LogP contribution in [0.3, 0.4) is 0 Å². The molecule has 0 aliphatic rings. The van der Waals surface area contributed by atoms with Crippen LogP contribution in [-0.2, 0) is 7.05 Å². The standard InChI is InChI=1S/C14H11Cl2N3S/c1-18-11-8-7-10(12(15)16)17-13(11)19(14(18)20)9-5-3-2-4-6-9/h2-8,12H,1H3. The molecule has 0 bridgehead atoms. The minimum Gasteiger partial charge on any atom is -0.318 e. The van der Waals surface area contributed by atoms with E-state index in [1.165, 1.54) is 0 Å². The maximum Gasteiger partial charge on any atom is 0.186 e. The highest BCUT2D eigenvalue weighted by atomic mass is 35.5. The number of aryl methyl sites for hydroxylation is 1. The third kappa shape index (κ3) is 2.14. The molecule has 0 amide bonds. The van der Waals surface area contributed by atoms with Crippen LogP contribution in [0.5, 0.6) is 0 Å². The molecular weight excluding hydrogens is 313 g/mol. The van der Waals surface area contributed by atoms with E-state index in [1.54, 1.807) is 0 Å². The molecule has 0 fully saturated rings. The van der Waals surface area contributed by atoms with Crippen molar-refractivity contribution in [2.75, 3.05) is 0 Å². The highest BCUT2D eigenvalue weighted by molar-refractivity contribution is 7.71. The maximum atomic E-state index is 5.91. The van der Waals surface area contributed by atoms with Gasteiger partial charge in [-0.1, -0.05) is 41.4 Å². The van der Waals surface area contributed by atoms with Crippen LogP contribution < -0.4 is 0 Å². The summed E-state index contributed by atoms with van der Waals surface area (Å²) in [6.07, 6.45) is 0. The lowest BCUT2D eigenvalue weighted by Crippen LogP contribution is -1.97. The number of pyridine rings is 1. The topological polar surface area (TPSA) is 22.8 Å². The highest BCUT2D eigenvalue weighted by Crippen LogP contribution is 2.26. The second kappa shape index (κ2) is 5.20. The lowest BCUT2D eigenvalue weighted by atomic mass is 10.3. The van der Waals surface area contributed by atoms with E-state index in [1.807, 2.05) is 58.6 Å². The molecule has 6 heteroatoms. The maximum absolute atomic E-state index is 5.91. The second-order valence-electron chi connectivity index (χ2n) is 4.39. The quantitative estimate of drug-likeness (QED) is 0.509. The third-order valence-corrected chi connectivity index (χ3v) is 4.07.